The van der Waals surface area contributed by atoms with Gasteiger partial charge in [-0.1, -0.05) is 18.2 Å². The van der Waals surface area contributed by atoms with Crippen molar-refractivity contribution < 1.29 is 0 Å². The second-order valence-corrected chi connectivity index (χ2v) is 6.96. The van der Waals surface area contributed by atoms with Crippen molar-refractivity contribution in [2.45, 2.75) is 55.3 Å². The van der Waals surface area contributed by atoms with Gasteiger partial charge in [-0.15, -0.1) is 0 Å². The van der Waals surface area contributed by atoms with E-state index in [1.165, 1.54) is 25.7 Å². The Morgan fingerprint density at radius 3 is 3.05 bits per heavy atom. The van der Waals surface area contributed by atoms with Gasteiger partial charge >= 0.3 is 0 Å². The third kappa shape index (κ3) is 2.84. The van der Waals surface area contributed by atoms with E-state index in [2.05, 4.69) is 21.5 Å². The highest BCUT2D eigenvalue weighted by atomic mass is 32.2. The van der Waals surface area contributed by atoms with Crippen LogP contribution in [0.1, 0.15) is 38.5 Å². The first-order valence-corrected chi connectivity index (χ1v) is 8.38. The van der Waals surface area contributed by atoms with Gasteiger partial charge in [0.1, 0.15) is 11.9 Å². The number of hydrogen-bond acceptors (Lipinski definition) is 5. The van der Waals surface area contributed by atoms with Crippen molar-refractivity contribution in [1.82, 2.24) is 20.1 Å². The van der Waals surface area contributed by atoms with E-state index >= 15 is 0 Å². The van der Waals surface area contributed by atoms with Crippen LogP contribution in [0, 0.1) is 17.2 Å². The Labute approximate surface area is 124 Å². The fourth-order valence-electron chi connectivity index (χ4n) is 3.14. The van der Waals surface area contributed by atoms with E-state index in [4.69, 9.17) is 0 Å². The summed E-state index contributed by atoms with van der Waals surface area (Å²) in [6, 6.07) is 3.20. The Morgan fingerprint density at radius 1 is 1.55 bits per heavy atom. The largest absolute Gasteiger partial charge is 0.296 e. The third-order valence-corrected chi connectivity index (χ3v) is 5.49. The molecule has 5 nitrogen and oxygen atoms in total. The average molecular weight is 291 g/mol. The van der Waals surface area contributed by atoms with Gasteiger partial charge in [-0.2, -0.15) is 10.4 Å². The molecule has 0 saturated heterocycles. The van der Waals surface area contributed by atoms with Gasteiger partial charge in [0, 0.05) is 18.8 Å². The normalized spacial score (nSPS) is 29.5. The molecule has 2 fully saturated rings. The molecule has 1 aromatic rings. The molecule has 0 bridgehead atoms. The van der Waals surface area contributed by atoms with Crippen molar-refractivity contribution >= 4 is 11.8 Å². The Hall–Kier alpha value is -1.06. The third-order valence-electron chi connectivity index (χ3n) is 4.43. The number of thioether (sulfide) groups is 1. The monoisotopic (exact) mass is 291 g/mol. The van der Waals surface area contributed by atoms with Gasteiger partial charge in [0.2, 0.25) is 0 Å². The maximum Gasteiger partial charge on any atom is 0.185 e. The summed E-state index contributed by atoms with van der Waals surface area (Å²) in [5, 5.41) is 18.3. The zero-order valence-corrected chi connectivity index (χ0v) is 12.7. The summed E-state index contributed by atoms with van der Waals surface area (Å²) in [5.41, 5.74) is -0.262. The smallest absolute Gasteiger partial charge is 0.185 e. The molecule has 3 rings (SSSR count). The first-order chi connectivity index (χ1) is 9.73. The van der Waals surface area contributed by atoms with Crippen molar-refractivity contribution in [2.24, 2.45) is 13.0 Å². The molecular formula is C14H21N5S. The van der Waals surface area contributed by atoms with E-state index in [9.17, 15) is 5.26 Å². The summed E-state index contributed by atoms with van der Waals surface area (Å²) in [4.78, 5) is 4.23. The van der Waals surface area contributed by atoms with E-state index in [1.54, 1.807) is 22.8 Å². The van der Waals surface area contributed by atoms with Crippen LogP contribution < -0.4 is 5.32 Å². The van der Waals surface area contributed by atoms with Gasteiger partial charge in [0.25, 0.3) is 0 Å². The van der Waals surface area contributed by atoms with E-state index in [1.807, 2.05) is 7.05 Å². The van der Waals surface area contributed by atoms with Crippen molar-refractivity contribution in [2.75, 3.05) is 5.75 Å². The molecule has 1 aromatic heterocycles. The molecule has 2 aliphatic carbocycles. The van der Waals surface area contributed by atoms with Crippen molar-refractivity contribution in [3.63, 3.8) is 0 Å². The lowest BCUT2D eigenvalue weighted by atomic mass is 9.86. The van der Waals surface area contributed by atoms with Crippen LogP contribution in [-0.4, -0.2) is 32.1 Å². The summed E-state index contributed by atoms with van der Waals surface area (Å²) in [6.07, 6.45) is 8.50. The van der Waals surface area contributed by atoms with Crippen LogP contribution in [0.5, 0.6) is 0 Å². The van der Waals surface area contributed by atoms with Crippen LogP contribution in [0.2, 0.25) is 0 Å². The molecule has 108 valence electrons. The van der Waals surface area contributed by atoms with Gasteiger partial charge in [-0.25, -0.2) is 9.67 Å². The van der Waals surface area contributed by atoms with Crippen LogP contribution in [-0.2, 0) is 7.05 Å². The Balaban J connectivity index is 1.55. The maximum atomic E-state index is 9.65. The molecular weight excluding hydrogens is 270 g/mol. The number of hydrogen-bond donors (Lipinski definition) is 1. The lowest BCUT2D eigenvalue weighted by Crippen LogP contribution is -2.48. The Bertz CT molecular complexity index is 504. The Kier molecular flexibility index (Phi) is 3.99. The lowest BCUT2D eigenvalue weighted by Gasteiger charge is -2.30. The molecule has 2 aliphatic rings. The van der Waals surface area contributed by atoms with Crippen LogP contribution >= 0.6 is 11.8 Å². The molecule has 0 aliphatic heterocycles. The van der Waals surface area contributed by atoms with Gasteiger partial charge in [-0.05, 0) is 38.0 Å². The molecule has 0 aromatic carbocycles. The molecule has 20 heavy (non-hydrogen) atoms. The predicted molar refractivity (Wildman–Crippen MR) is 78.2 cm³/mol. The van der Waals surface area contributed by atoms with E-state index in [0.717, 1.165) is 23.8 Å². The van der Waals surface area contributed by atoms with Gasteiger partial charge in [-0.3, -0.25) is 5.32 Å². The molecule has 1 heterocycles. The first kappa shape index (κ1) is 13.9. The molecule has 0 amide bonds. The second kappa shape index (κ2) is 5.74. The molecule has 2 saturated carbocycles. The van der Waals surface area contributed by atoms with Gasteiger partial charge in [0.15, 0.2) is 5.16 Å². The minimum absolute atomic E-state index is 0.262. The molecule has 2 unspecified atom stereocenters. The maximum absolute atomic E-state index is 9.65. The van der Waals surface area contributed by atoms with Crippen LogP contribution in [0.4, 0.5) is 0 Å². The van der Waals surface area contributed by atoms with E-state index in [0.29, 0.717) is 12.0 Å². The SMILES string of the molecule is Cn1ncnc1SCCC1CCCC1(C#N)NC1CC1. The van der Waals surface area contributed by atoms with Crippen molar-refractivity contribution in [3.8, 4) is 6.07 Å². The number of aromatic nitrogens is 3. The molecule has 0 radical (unpaired) electrons. The number of aryl methyl sites for hydroxylation is 1. The highest BCUT2D eigenvalue weighted by molar-refractivity contribution is 7.99. The topological polar surface area (TPSA) is 66.5 Å². The van der Waals surface area contributed by atoms with Crippen LogP contribution in [0.3, 0.4) is 0 Å². The zero-order chi connectivity index (χ0) is 14.0. The summed E-state index contributed by atoms with van der Waals surface area (Å²) >= 11 is 1.74. The molecule has 0 spiro atoms. The Morgan fingerprint density at radius 2 is 2.40 bits per heavy atom. The number of rotatable bonds is 6. The van der Waals surface area contributed by atoms with Crippen LogP contribution in [0.15, 0.2) is 11.5 Å². The number of nitrogens with one attached hydrogen (secondary N) is 1. The van der Waals surface area contributed by atoms with Gasteiger partial charge in [0.05, 0.1) is 6.07 Å². The average Bonchev–Trinajstić information content (AvgIpc) is 3.03. The summed E-state index contributed by atoms with van der Waals surface area (Å²) in [7, 11) is 1.92. The van der Waals surface area contributed by atoms with Crippen LogP contribution in [0.25, 0.3) is 0 Å². The number of nitrogens with zero attached hydrogens (tertiary/aromatic N) is 4. The fourth-order valence-corrected chi connectivity index (χ4v) is 4.08. The second-order valence-electron chi connectivity index (χ2n) is 5.89. The highest BCUT2D eigenvalue weighted by Crippen LogP contribution is 2.40. The summed E-state index contributed by atoms with van der Waals surface area (Å²) < 4.78 is 1.80. The fraction of sp³-hybridized carbons (Fsp3) is 0.786. The quantitative estimate of drug-likeness (QED) is 0.813. The van der Waals surface area contributed by atoms with Gasteiger partial charge < -0.3 is 0 Å². The van der Waals surface area contributed by atoms with E-state index in [-0.39, 0.29) is 5.54 Å². The lowest BCUT2D eigenvalue weighted by molar-refractivity contribution is 0.308. The molecule has 6 heteroatoms. The van der Waals surface area contributed by atoms with E-state index < -0.39 is 0 Å². The number of nitriles is 1. The zero-order valence-electron chi connectivity index (χ0n) is 11.9. The minimum Gasteiger partial charge on any atom is -0.296 e. The predicted octanol–water partition coefficient (Wildman–Crippen LogP) is 2.11. The van der Waals surface area contributed by atoms with Crippen molar-refractivity contribution in [3.05, 3.63) is 6.33 Å². The standard InChI is InChI=1S/C14H21N5S/c1-19-13(16-10-17-19)20-8-6-11-3-2-7-14(11,9-15)18-12-4-5-12/h10-12,18H,2-8H2,1H3. The molecule has 1 N–H and O–H groups in total. The molecule has 2 atom stereocenters. The summed E-state index contributed by atoms with van der Waals surface area (Å²) in [5.74, 6) is 1.49. The first-order valence-electron chi connectivity index (χ1n) is 7.39. The van der Waals surface area contributed by atoms with Crippen molar-refractivity contribution in [1.29, 1.82) is 5.26 Å². The summed E-state index contributed by atoms with van der Waals surface area (Å²) in [6.45, 7) is 0. The highest BCUT2D eigenvalue weighted by Gasteiger charge is 2.45. The minimum atomic E-state index is -0.262.